The Labute approximate surface area is 79.3 Å². The Bertz CT molecular complexity index is 198. The van der Waals surface area contributed by atoms with Crippen LogP contribution in [-0.2, 0) is 4.79 Å². The molecule has 0 aromatic heterocycles. The van der Waals surface area contributed by atoms with Gasteiger partial charge in [-0.2, -0.15) is 5.26 Å². The SMILES string of the molecule is CCCC(N)C(=O)N(C)CCC#N. The molecule has 13 heavy (non-hydrogen) atoms. The lowest BCUT2D eigenvalue weighted by Gasteiger charge is -2.19. The molecule has 0 saturated heterocycles. The van der Waals surface area contributed by atoms with Gasteiger partial charge < -0.3 is 10.6 Å². The molecule has 1 amide bonds. The Kier molecular flexibility index (Phi) is 5.90. The van der Waals surface area contributed by atoms with Crippen LogP contribution in [0.4, 0.5) is 0 Å². The number of hydrogen-bond acceptors (Lipinski definition) is 3. The monoisotopic (exact) mass is 183 g/mol. The summed E-state index contributed by atoms with van der Waals surface area (Å²) in [7, 11) is 1.68. The molecule has 4 heteroatoms. The van der Waals surface area contributed by atoms with Crippen LogP contribution in [0, 0.1) is 11.3 Å². The Morgan fingerprint density at radius 1 is 1.69 bits per heavy atom. The summed E-state index contributed by atoms with van der Waals surface area (Å²) in [5, 5.41) is 8.32. The Balaban J connectivity index is 3.88. The highest BCUT2D eigenvalue weighted by atomic mass is 16.2. The van der Waals surface area contributed by atoms with Gasteiger partial charge in [-0.25, -0.2) is 0 Å². The molecule has 2 N–H and O–H groups in total. The van der Waals surface area contributed by atoms with Crippen molar-refractivity contribution < 1.29 is 4.79 Å². The quantitative estimate of drug-likeness (QED) is 0.674. The first-order valence-corrected chi connectivity index (χ1v) is 4.51. The number of nitriles is 1. The molecule has 0 aliphatic heterocycles. The maximum atomic E-state index is 11.4. The summed E-state index contributed by atoms with van der Waals surface area (Å²) in [6.07, 6.45) is 1.97. The van der Waals surface area contributed by atoms with Crippen LogP contribution in [0.15, 0.2) is 0 Å². The van der Waals surface area contributed by atoms with Gasteiger partial charge in [0.15, 0.2) is 0 Å². The second-order valence-electron chi connectivity index (χ2n) is 3.06. The van der Waals surface area contributed by atoms with E-state index in [0.717, 1.165) is 6.42 Å². The van der Waals surface area contributed by atoms with Gasteiger partial charge in [0, 0.05) is 13.6 Å². The van der Waals surface area contributed by atoms with E-state index >= 15 is 0 Å². The molecule has 0 aromatic rings. The van der Waals surface area contributed by atoms with Crippen LogP contribution in [0.2, 0.25) is 0 Å². The number of hydrogen-bond donors (Lipinski definition) is 1. The molecule has 0 aliphatic carbocycles. The maximum absolute atomic E-state index is 11.4. The van der Waals surface area contributed by atoms with Crippen molar-refractivity contribution in [2.75, 3.05) is 13.6 Å². The van der Waals surface area contributed by atoms with Gasteiger partial charge in [-0.15, -0.1) is 0 Å². The summed E-state index contributed by atoms with van der Waals surface area (Å²) in [6, 6.07) is 1.58. The van der Waals surface area contributed by atoms with E-state index in [-0.39, 0.29) is 5.91 Å². The molecular weight excluding hydrogens is 166 g/mol. The molecule has 74 valence electrons. The van der Waals surface area contributed by atoms with E-state index in [9.17, 15) is 4.79 Å². The average molecular weight is 183 g/mol. The van der Waals surface area contributed by atoms with E-state index in [1.807, 2.05) is 13.0 Å². The van der Waals surface area contributed by atoms with Crippen molar-refractivity contribution in [3.05, 3.63) is 0 Å². The first-order valence-electron chi connectivity index (χ1n) is 4.51. The third-order valence-electron chi connectivity index (χ3n) is 1.85. The predicted molar refractivity (Wildman–Crippen MR) is 50.8 cm³/mol. The number of nitrogens with zero attached hydrogens (tertiary/aromatic N) is 2. The molecule has 0 fully saturated rings. The summed E-state index contributed by atoms with van der Waals surface area (Å²) in [5.41, 5.74) is 5.63. The number of amides is 1. The summed E-state index contributed by atoms with van der Waals surface area (Å²) in [6.45, 7) is 2.45. The minimum absolute atomic E-state index is 0.0721. The van der Waals surface area contributed by atoms with Crippen LogP contribution in [0.1, 0.15) is 26.2 Å². The van der Waals surface area contributed by atoms with Crippen molar-refractivity contribution in [1.82, 2.24) is 4.90 Å². The summed E-state index contributed by atoms with van der Waals surface area (Å²) >= 11 is 0. The fourth-order valence-electron chi connectivity index (χ4n) is 1.05. The Morgan fingerprint density at radius 3 is 2.77 bits per heavy atom. The van der Waals surface area contributed by atoms with Gasteiger partial charge in [0.05, 0.1) is 18.5 Å². The molecule has 0 heterocycles. The van der Waals surface area contributed by atoms with E-state index in [1.165, 1.54) is 4.90 Å². The summed E-state index contributed by atoms with van der Waals surface area (Å²) in [5.74, 6) is -0.0721. The largest absolute Gasteiger partial charge is 0.343 e. The first-order chi connectivity index (χ1) is 6.13. The van der Waals surface area contributed by atoms with Gasteiger partial charge in [-0.3, -0.25) is 4.79 Å². The van der Waals surface area contributed by atoms with Crippen LogP contribution in [-0.4, -0.2) is 30.4 Å². The van der Waals surface area contributed by atoms with E-state index in [4.69, 9.17) is 11.0 Å². The van der Waals surface area contributed by atoms with Crippen LogP contribution in [0.3, 0.4) is 0 Å². The molecule has 4 nitrogen and oxygen atoms in total. The van der Waals surface area contributed by atoms with Crippen LogP contribution in [0.25, 0.3) is 0 Å². The Morgan fingerprint density at radius 2 is 2.31 bits per heavy atom. The van der Waals surface area contributed by atoms with Crippen molar-refractivity contribution in [1.29, 1.82) is 5.26 Å². The maximum Gasteiger partial charge on any atom is 0.239 e. The molecule has 0 aromatic carbocycles. The van der Waals surface area contributed by atoms with Crippen LogP contribution in [0.5, 0.6) is 0 Å². The van der Waals surface area contributed by atoms with Gasteiger partial charge in [-0.05, 0) is 6.42 Å². The number of rotatable bonds is 5. The lowest BCUT2D eigenvalue weighted by molar-refractivity contribution is -0.131. The molecule has 0 aliphatic rings. The normalized spacial score (nSPS) is 11.8. The molecule has 0 saturated carbocycles. The van der Waals surface area contributed by atoms with Gasteiger partial charge in [0.1, 0.15) is 0 Å². The molecule has 1 unspecified atom stereocenters. The zero-order valence-electron chi connectivity index (χ0n) is 8.29. The molecule has 0 bridgehead atoms. The average Bonchev–Trinajstić information content (AvgIpc) is 2.13. The third-order valence-corrected chi connectivity index (χ3v) is 1.85. The Hall–Kier alpha value is -1.08. The van der Waals surface area contributed by atoms with Gasteiger partial charge in [0.25, 0.3) is 0 Å². The minimum Gasteiger partial charge on any atom is -0.343 e. The zero-order chi connectivity index (χ0) is 10.3. The molecular formula is C9H17N3O. The highest BCUT2D eigenvalue weighted by Gasteiger charge is 2.16. The number of likely N-dealkylation sites (N-methyl/N-ethyl adjacent to an activating group) is 1. The molecule has 0 radical (unpaired) electrons. The van der Waals surface area contributed by atoms with Crippen LogP contribution >= 0.6 is 0 Å². The number of carbonyl (C=O) groups is 1. The van der Waals surface area contributed by atoms with E-state index in [0.29, 0.717) is 19.4 Å². The minimum atomic E-state index is -0.409. The molecule has 0 spiro atoms. The smallest absolute Gasteiger partial charge is 0.239 e. The van der Waals surface area contributed by atoms with Gasteiger partial charge in [0.2, 0.25) is 5.91 Å². The van der Waals surface area contributed by atoms with Gasteiger partial charge in [-0.1, -0.05) is 13.3 Å². The lowest BCUT2D eigenvalue weighted by Crippen LogP contribution is -2.41. The summed E-state index contributed by atoms with van der Waals surface area (Å²) < 4.78 is 0. The van der Waals surface area contributed by atoms with Crippen molar-refractivity contribution in [3.63, 3.8) is 0 Å². The lowest BCUT2D eigenvalue weighted by atomic mass is 10.1. The fraction of sp³-hybridized carbons (Fsp3) is 0.778. The van der Waals surface area contributed by atoms with E-state index in [1.54, 1.807) is 7.05 Å². The number of carbonyl (C=O) groups excluding carboxylic acids is 1. The first kappa shape index (κ1) is 11.9. The molecule has 1 atom stereocenters. The standard InChI is InChI=1S/C9H17N3O/c1-3-5-8(11)9(13)12(2)7-4-6-10/h8H,3-5,7,11H2,1-2H3. The molecule has 0 rings (SSSR count). The topological polar surface area (TPSA) is 70.1 Å². The highest BCUT2D eigenvalue weighted by molar-refractivity contribution is 5.81. The third kappa shape index (κ3) is 4.48. The number of nitrogens with two attached hydrogens (primary N) is 1. The van der Waals surface area contributed by atoms with Crippen molar-refractivity contribution in [2.24, 2.45) is 5.73 Å². The van der Waals surface area contributed by atoms with Crippen molar-refractivity contribution in [3.8, 4) is 6.07 Å². The fourth-order valence-corrected chi connectivity index (χ4v) is 1.05. The van der Waals surface area contributed by atoms with Crippen LogP contribution < -0.4 is 5.73 Å². The second-order valence-corrected chi connectivity index (χ2v) is 3.06. The predicted octanol–water partition coefficient (Wildman–Crippen LogP) is 0.486. The van der Waals surface area contributed by atoms with Crippen molar-refractivity contribution >= 4 is 5.91 Å². The second kappa shape index (κ2) is 6.44. The van der Waals surface area contributed by atoms with E-state index in [2.05, 4.69) is 0 Å². The summed E-state index contributed by atoms with van der Waals surface area (Å²) in [4.78, 5) is 12.9. The van der Waals surface area contributed by atoms with E-state index < -0.39 is 6.04 Å². The zero-order valence-corrected chi connectivity index (χ0v) is 8.29. The highest BCUT2D eigenvalue weighted by Crippen LogP contribution is 1.98. The van der Waals surface area contributed by atoms with Crippen molar-refractivity contribution in [2.45, 2.75) is 32.2 Å². The van der Waals surface area contributed by atoms with Gasteiger partial charge >= 0.3 is 0 Å².